The van der Waals surface area contributed by atoms with Crippen LogP contribution in [0, 0.1) is 0 Å². The van der Waals surface area contributed by atoms with E-state index in [1.165, 1.54) is 29.6 Å². The molecule has 0 radical (unpaired) electrons. The second kappa shape index (κ2) is 10.2. The van der Waals surface area contributed by atoms with Gasteiger partial charge in [0.05, 0.1) is 31.6 Å². The Bertz CT molecular complexity index is 1240. The van der Waals surface area contributed by atoms with Crippen LogP contribution in [-0.4, -0.2) is 60.5 Å². The molecular weight excluding hydrogens is 470 g/mol. The van der Waals surface area contributed by atoms with E-state index in [0.717, 1.165) is 0 Å². The van der Waals surface area contributed by atoms with E-state index in [1.54, 1.807) is 25.1 Å². The zero-order chi connectivity index (χ0) is 24.2. The molecule has 1 saturated heterocycles. The van der Waals surface area contributed by atoms with Crippen LogP contribution < -0.4 is 15.2 Å². The van der Waals surface area contributed by atoms with E-state index in [-0.39, 0.29) is 40.7 Å². The number of anilines is 1. The van der Waals surface area contributed by atoms with Gasteiger partial charge < -0.3 is 14.8 Å². The number of amides is 1. The van der Waals surface area contributed by atoms with Gasteiger partial charge in [-0.2, -0.15) is 4.31 Å². The zero-order valence-corrected chi connectivity index (χ0v) is 20.0. The number of hydrogen-bond acceptors (Lipinski definition) is 7. The number of aryl methyl sites for hydroxylation is 1. The lowest BCUT2D eigenvalue weighted by Gasteiger charge is -2.26. The van der Waals surface area contributed by atoms with E-state index >= 15 is 0 Å². The maximum atomic E-state index is 13.1. The topological polar surface area (TPSA) is 145 Å². The number of ether oxygens (including phenoxy) is 2. The van der Waals surface area contributed by atoms with Crippen LogP contribution in [0.25, 0.3) is 0 Å². The van der Waals surface area contributed by atoms with Gasteiger partial charge in [-0.25, -0.2) is 22.0 Å². The summed E-state index contributed by atoms with van der Waals surface area (Å²) in [6, 6.07) is 9.02. The molecule has 1 aliphatic rings. The van der Waals surface area contributed by atoms with Crippen molar-refractivity contribution in [2.24, 2.45) is 5.14 Å². The molecule has 3 rings (SSSR count). The van der Waals surface area contributed by atoms with Gasteiger partial charge in [-0.05, 0) is 41.8 Å². The van der Waals surface area contributed by atoms with Gasteiger partial charge in [0, 0.05) is 18.8 Å². The maximum absolute atomic E-state index is 13.1. The molecule has 33 heavy (non-hydrogen) atoms. The van der Waals surface area contributed by atoms with Crippen molar-refractivity contribution in [2.45, 2.75) is 29.6 Å². The van der Waals surface area contributed by atoms with E-state index in [1.807, 2.05) is 0 Å². The molecule has 0 aromatic heterocycles. The molecule has 0 spiro atoms. The molecule has 180 valence electrons. The fraction of sp³-hybridized carbons (Fsp3) is 0.381. The molecule has 2 aromatic carbocycles. The number of morpholine rings is 1. The van der Waals surface area contributed by atoms with Gasteiger partial charge in [-0.1, -0.05) is 19.1 Å². The monoisotopic (exact) mass is 497 g/mol. The third-order valence-electron chi connectivity index (χ3n) is 5.22. The molecule has 0 atom stereocenters. The minimum Gasteiger partial charge on any atom is -0.495 e. The Labute approximate surface area is 193 Å². The molecular formula is C21H27N3O7S2. The lowest BCUT2D eigenvalue weighted by molar-refractivity contribution is -0.115. The van der Waals surface area contributed by atoms with Crippen molar-refractivity contribution in [1.82, 2.24) is 4.31 Å². The maximum Gasteiger partial charge on any atom is 0.246 e. The highest BCUT2D eigenvalue weighted by Gasteiger charge is 2.29. The Kier molecular flexibility index (Phi) is 7.75. The minimum atomic E-state index is -3.95. The molecule has 0 unspecified atom stereocenters. The predicted molar refractivity (Wildman–Crippen MR) is 122 cm³/mol. The molecule has 1 heterocycles. The van der Waals surface area contributed by atoms with Gasteiger partial charge in [-0.15, -0.1) is 0 Å². The van der Waals surface area contributed by atoms with Crippen molar-refractivity contribution >= 4 is 31.6 Å². The first-order valence-corrected chi connectivity index (χ1v) is 13.2. The molecule has 10 nitrogen and oxygen atoms in total. The number of benzene rings is 2. The van der Waals surface area contributed by atoms with Crippen LogP contribution in [0.3, 0.4) is 0 Å². The Morgan fingerprint density at radius 3 is 2.39 bits per heavy atom. The number of nitrogens with two attached hydrogens (primary N) is 1. The SMILES string of the molecule is CCc1ccc(NC(=O)Cc2ccc(OC)c(S(=O)(=O)N3CCOCC3)c2)cc1S(N)(=O)=O. The summed E-state index contributed by atoms with van der Waals surface area (Å²) < 4.78 is 61.7. The highest BCUT2D eigenvalue weighted by atomic mass is 32.2. The van der Waals surface area contributed by atoms with Gasteiger partial charge in [0.25, 0.3) is 0 Å². The number of nitrogens with zero attached hydrogens (tertiary/aromatic N) is 1. The quantitative estimate of drug-likeness (QED) is 0.556. The molecule has 3 N–H and O–H groups in total. The lowest BCUT2D eigenvalue weighted by Crippen LogP contribution is -2.40. The van der Waals surface area contributed by atoms with Crippen LogP contribution in [0.5, 0.6) is 5.75 Å². The highest BCUT2D eigenvalue weighted by Crippen LogP contribution is 2.29. The Morgan fingerprint density at radius 2 is 1.79 bits per heavy atom. The number of primary sulfonamides is 1. The standard InChI is InChI=1S/C21H27N3O7S2/c1-3-16-5-6-17(14-19(16)32(22,26)27)23-21(25)13-15-4-7-18(30-2)20(12-15)33(28,29)24-8-10-31-11-9-24/h4-7,12,14H,3,8-11,13H2,1-2H3,(H,23,25)(H2,22,26,27). The first-order chi connectivity index (χ1) is 15.6. The van der Waals surface area contributed by atoms with E-state index in [0.29, 0.717) is 30.8 Å². The van der Waals surface area contributed by atoms with Crippen LogP contribution in [0.1, 0.15) is 18.1 Å². The van der Waals surface area contributed by atoms with Crippen LogP contribution in [-0.2, 0) is 42.4 Å². The van der Waals surface area contributed by atoms with Crippen LogP contribution in [0.4, 0.5) is 5.69 Å². The summed E-state index contributed by atoms with van der Waals surface area (Å²) in [6.07, 6.45) is 0.335. The molecule has 1 amide bonds. The van der Waals surface area contributed by atoms with Crippen molar-refractivity contribution in [3.63, 3.8) is 0 Å². The van der Waals surface area contributed by atoms with Crippen LogP contribution in [0.15, 0.2) is 46.2 Å². The first kappa shape index (κ1) is 25.1. The summed E-state index contributed by atoms with van der Waals surface area (Å²) in [4.78, 5) is 12.5. The fourth-order valence-electron chi connectivity index (χ4n) is 3.54. The van der Waals surface area contributed by atoms with Crippen LogP contribution >= 0.6 is 0 Å². The van der Waals surface area contributed by atoms with Gasteiger partial charge in [0.1, 0.15) is 10.6 Å². The summed E-state index contributed by atoms with van der Waals surface area (Å²) in [5.74, 6) is -0.266. The molecule has 1 aliphatic heterocycles. The molecule has 0 aliphatic carbocycles. The number of nitrogens with one attached hydrogen (secondary N) is 1. The second-order valence-corrected chi connectivity index (χ2v) is 10.9. The van der Waals surface area contributed by atoms with Crippen molar-refractivity contribution in [3.8, 4) is 5.75 Å². The second-order valence-electron chi connectivity index (χ2n) is 7.45. The van der Waals surface area contributed by atoms with Crippen LogP contribution in [0.2, 0.25) is 0 Å². The zero-order valence-electron chi connectivity index (χ0n) is 18.4. The average molecular weight is 498 g/mol. The third-order valence-corrected chi connectivity index (χ3v) is 8.13. The summed E-state index contributed by atoms with van der Waals surface area (Å²) >= 11 is 0. The molecule has 2 aromatic rings. The number of hydrogen-bond donors (Lipinski definition) is 2. The number of methoxy groups -OCH3 is 1. The van der Waals surface area contributed by atoms with E-state index in [4.69, 9.17) is 14.6 Å². The summed E-state index contributed by atoms with van der Waals surface area (Å²) in [5.41, 5.74) is 1.27. The van der Waals surface area contributed by atoms with Gasteiger partial charge in [0.2, 0.25) is 26.0 Å². The largest absolute Gasteiger partial charge is 0.495 e. The normalized spacial score (nSPS) is 15.2. The fourth-order valence-corrected chi connectivity index (χ4v) is 6.02. The molecule has 12 heteroatoms. The van der Waals surface area contributed by atoms with Gasteiger partial charge in [-0.3, -0.25) is 4.79 Å². The third kappa shape index (κ3) is 5.89. The highest BCUT2D eigenvalue weighted by molar-refractivity contribution is 7.89. The number of rotatable bonds is 8. The minimum absolute atomic E-state index is 0.0268. The number of carbonyl (C=O) groups excluding carboxylic acids is 1. The summed E-state index contributed by atoms with van der Waals surface area (Å²) in [6.45, 7) is 2.88. The smallest absolute Gasteiger partial charge is 0.246 e. The number of carbonyl (C=O) groups is 1. The Morgan fingerprint density at radius 1 is 1.09 bits per heavy atom. The van der Waals surface area contributed by atoms with E-state index in [9.17, 15) is 21.6 Å². The summed E-state index contributed by atoms with van der Waals surface area (Å²) in [7, 11) is -6.41. The average Bonchev–Trinajstić information content (AvgIpc) is 2.79. The molecule has 0 saturated carbocycles. The predicted octanol–water partition coefficient (Wildman–Crippen LogP) is 1.11. The Hall–Kier alpha value is -2.51. The lowest BCUT2D eigenvalue weighted by atomic mass is 10.1. The Balaban J connectivity index is 1.83. The van der Waals surface area contributed by atoms with Crippen molar-refractivity contribution < 1.29 is 31.1 Å². The van der Waals surface area contributed by atoms with Gasteiger partial charge in [0.15, 0.2) is 0 Å². The first-order valence-electron chi connectivity index (χ1n) is 10.3. The van der Waals surface area contributed by atoms with Crippen molar-refractivity contribution in [3.05, 3.63) is 47.5 Å². The summed E-state index contributed by atoms with van der Waals surface area (Å²) in [5, 5.41) is 7.92. The van der Waals surface area contributed by atoms with E-state index < -0.39 is 26.0 Å². The van der Waals surface area contributed by atoms with E-state index in [2.05, 4.69) is 5.32 Å². The van der Waals surface area contributed by atoms with Crippen molar-refractivity contribution in [1.29, 1.82) is 0 Å². The molecule has 1 fully saturated rings. The van der Waals surface area contributed by atoms with Crippen molar-refractivity contribution in [2.75, 3.05) is 38.7 Å². The van der Waals surface area contributed by atoms with Gasteiger partial charge >= 0.3 is 0 Å². The number of sulfonamides is 2. The molecule has 0 bridgehead atoms.